The van der Waals surface area contributed by atoms with Gasteiger partial charge in [0.15, 0.2) is 0 Å². The summed E-state index contributed by atoms with van der Waals surface area (Å²) in [5.41, 5.74) is 4.33. The maximum Gasteiger partial charge on any atom is 0.138 e. The van der Waals surface area contributed by atoms with Gasteiger partial charge in [0.2, 0.25) is 0 Å². The van der Waals surface area contributed by atoms with Crippen LogP contribution in [0.25, 0.3) is 21.9 Å². The maximum absolute atomic E-state index is 5.27. The SMILES string of the molecule is COc1ccc2[nH]c3nc(C)cc(C)c3c2c1. The molecule has 0 saturated carbocycles. The van der Waals surface area contributed by atoms with Crippen molar-refractivity contribution in [2.45, 2.75) is 13.8 Å². The van der Waals surface area contributed by atoms with E-state index in [1.165, 1.54) is 16.3 Å². The Kier molecular flexibility index (Phi) is 2.08. The summed E-state index contributed by atoms with van der Waals surface area (Å²) >= 11 is 0. The molecular formula is C14H14N2O. The van der Waals surface area contributed by atoms with Gasteiger partial charge in [0, 0.05) is 22.0 Å². The van der Waals surface area contributed by atoms with Gasteiger partial charge < -0.3 is 9.72 Å². The minimum absolute atomic E-state index is 0.873. The molecule has 2 aromatic heterocycles. The van der Waals surface area contributed by atoms with Gasteiger partial charge in [-0.3, -0.25) is 0 Å². The molecule has 2 heterocycles. The van der Waals surface area contributed by atoms with E-state index in [0.29, 0.717) is 0 Å². The molecule has 0 atom stereocenters. The van der Waals surface area contributed by atoms with E-state index in [-0.39, 0.29) is 0 Å². The van der Waals surface area contributed by atoms with E-state index in [1.807, 2.05) is 19.1 Å². The summed E-state index contributed by atoms with van der Waals surface area (Å²) in [6, 6.07) is 8.15. The topological polar surface area (TPSA) is 37.9 Å². The normalized spacial score (nSPS) is 11.2. The zero-order valence-electron chi connectivity index (χ0n) is 10.2. The fraction of sp³-hybridized carbons (Fsp3) is 0.214. The van der Waals surface area contributed by atoms with Crippen molar-refractivity contribution in [3.05, 3.63) is 35.5 Å². The quantitative estimate of drug-likeness (QED) is 0.691. The Morgan fingerprint density at radius 1 is 1.18 bits per heavy atom. The number of fused-ring (bicyclic) bond motifs is 3. The molecule has 17 heavy (non-hydrogen) atoms. The Morgan fingerprint density at radius 2 is 2.00 bits per heavy atom. The first-order chi connectivity index (χ1) is 8.19. The number of aromatic amines is 1. The van der Waals surface area contributed by atoms with Crippen LogP contribution < -0.4 is 4.74 Å². The second-order valence-electron chi connectivity index (χ2n) is 4.34. The van der Waals surface area contributed by atoms with E-state index in [4.69, 9.17) is 4.74 Å². The predicted molar refractivity (Wildman–Crippen MR) is 69.6 cm³/mol. The van der Waals surface area contributed by atoms with Crippen LogP contribution in [0.4, 0.5) is 0 Å². The summed E-state index contributed by atoms with van der Waals surface area (Å²) in [4.78, 5) is 7.88. The van der Waals surface area contributed by atoms with Gasteiger partial charge in [-0.2, -0.15) is 0 Å². The molecule has 0 fully saturated rings. The van der Waals surface area contributed by atoms with E-state index in [2.05, 4.69) is 29.0 Å². The van der Waals surface area contributed by atoms with Crippen LogP contribution in [-0.4, -0.2) is 17.1 Å². The van der Waals surface area contributed by atoms with Crippen molar-refractivity contribution in [2.24, 2.45) is 0 Å². The molecule has 0 spiro atoms. The van der Waals surface area contributed by atoms with Crippen LogP contribution >= 0.6 is 0 Å². The summed E-state index contributed by atoms with van der Waals surface area (Å²) in [6.07, 6.45) is 0. The van der Waals surface area contributed by atoms with Crippen LogP contribution in [0.1, 0.15) is 11.3 Å². The number of pyridine rings is 1. The van der Waals surface area contributed by atoms with Gasteiger partial charge in [0.05, 0.1) is 7.11 Å². The molecule has 0 bridgehead atoms. The molecule has 0 saturated heterocycles. The number of rotatable bonds is 1. The highest BCUT2D eigenvalue weighted by molar-refractivity contribution is 6.08. The van der Waals surface area contributed by atoms with E-state index < -0.39 is 0 Å². The minimum atomic E-state index is 0.873. The lowest BCUT2D eigenvalue weighted by Gasteiger charge is -2.00. The number of ether oxygens (including phenoxy) is 1. The van der Waals surface area contributed by atoms with Crippen molar-refractivity contribution in [1.82, 2.24) is 9.97 Å². The molecule has 3 nitrogen and oxygen atoms in total. The molecule has 0 aliphatic carbocycles. The number of H-pyrrole nitrogens is 1. The Morgan fingerprint density at radius 3 is 2.76 bits per heavy atom. The van der Waals surface area contributed by atoms with E-state index in [1.54, 1.807) is 7.11 Å². The number of nitrogens with one attached hydrogen (secondary N) is 1. The maximum atomic E-state index is 5.27. The largest absolute Gasteiger partial charge is 0.497 e. The van der Waals surface area contributed by atoms with E-state index in [9.17, 15) is 0 Å². The third-order valence-electron chi connectivity index (χ3n) is 3.09. The average molecular weight is 226 g/mol. The van der Waals surface area contributed by atoms with Gasteiger partial charge in [-0.05, 0) is 43.7 Å². The predicted octanol–water partition coefficient (Wildman–Crippen LogP) is 3.34. The minimum Gasteiger partial charge on any atom is -0.497 e. The first-order valence-electron chi connectivity index (χ1n) is 5.62. The highest BCUT2D eigenvalue weighted by Gasteiger charge is 2.09. The summed E-state index contributed by atoms with van der Waals surface area (Å²) in [7, 11) is 1.69. The van der Waals surface area contributed by atoms with E-state index >= 15 is 0 Å². The number of nitrogens with zero attached hydrogens (tertiary/aromatic N) is 1. The molecule has 0 aliphatic heterocycles. The fourth-order valence-corrected chi connectivity index (χ4v) is 2.36. The van der Waals surface area contributed by atoms with Crippen molar-refractivity contribution in [1.29, 1.82) is 0 Å². The second-order valence-corrected chi connectivity index (χ2v) is 4.34. The molecule has 3 rings (SSSR count). The Balaban J connectivity index is 2.48. The smallest absolute Gasteiger partial charge is 0.138 e. The summed E-state index contributed by atoms with van der Waals surface area (Å²) in [6.45, 7) is 4.13. The van der Waals surface area contributed by atoms with Crippen molar-refractivity contribution in [3.8, 4) is 5.75 Å². The van der Waals surface area contributed by atoms with Crippen molar-refractivity contribution < 1.29 is 4.74 Å². The molecule has 0 amide bonds. The van der Waals surface area contributed by atoms with Gasteiger partial charge in [-0.15, -0.1) is 0 Å². The molecule has 3 heteroatoms. The number of hydrogen-bond donors (Lipinski definition) is 1. The van der Waals surface area contributed by atoms with Crippen LogP contribution in [0.2, 0.25) is 0 Å². The average Bonchev–Trinajstić information content (AvgIpc) is 2.65. The van der Waals surface area contributed by atoms with Crippen molar-refractivity contribution >= 4 is 21.9 Å². The van der Waals surface area contributed by atoms with Gasteiger partial charge >= 0.3 is 0 Å². The molecule has 86 valence electrons. The standard InChI is InChI=1S/C14H14N2O/c1-8-6-9(2)15-14-13(8)11-7-10(17-3)4-5-12(11)16-14/h4-7H,1-3H3,(H,15,16). The number of hydrogen-bond acceptors (Lipinski definition) is 2. The van der Waals surface area contributed by atoms with E-state index in [0.717, 1.165) is 22.6 Å². The monoisotopic (exact) mass is 226 g/mol. The first kappa shape index (κ1) is 10.1. The molecular weight excluding hydrogens is 212 g/mol. The van der Waals surface area contributed by atoms with Crippen LogP contribution in [0, 0.1) is 13.8 Å². The van der Waals surface area contributed by atoms with Gasteiger partial charge in [0.25, 0.3) is 0 Å². The molecule has 3 aromatic rings. The molecule has 0 radical (unpaired) electrons. The number of aryl methyl sites for hydroxylation is 2. The summed E-state index contributed by atoms with van der Waals surface area (Å²) in [5.74, 6) is 0.873. The highest BCUT2D eigenvalue weighted by Crippen LogP contribution is 2.30. The fourth-order valence-electron chi connectivity index (χ4n) is 2.36. The third kappa shape index (κ3) is 1.46. The number of methoxy groups -OCH3 is 1. The Bertz CT molecular complexity index is 713. The zero-order chi connectivity index (χ0) is 12.0. The van der Waals surface area contributed by atoms with Crippen LogP contribution in [0.15, 0.2) is 24.3 Å². The third-order valence-corrected chi connectivity index (χ3v) is 3.09. The lowest BCUT2D eigenvalue weighted by atomic mass is 10.1. The molecule has 0 aliphatic rings. The van der Waals surface area contributed by atoms with Gasteiger partial charge in [-0.25, -0.2) is 4.98 Å². The zero-order valence-corrected chi connectivity index (χ0v) is 10.2. The number of aromatic nitrogens is 2. The molecule has 1 aromatic carbocycles. The molecule has 0 unspecified atom stereocenters. The van der Waals surface area contributed by atoms with Crippen LogP contribution in [-0.2, 0) is 0 Å². The van der Waals surface area contributed by atoms with Gasteiger partial charge in [-0.1, -0.05) is 0 Å². The lowest BCUT2D eigenvalue weighted by Crippen LogP contribution is -1.85. The summed E-state index contributed by atoms with van der Waals surface area (Å²) in [5, 5.41) is 2.36. The highest BCUT2D eigenvalue weighted by atomic mass is 16.5. The second kappa shape index (κ2) is 3.48. The van der Waals surface area contributed by atoms with Crippen LogP contribution in [0.5, 0.6) is 5.75 Å². The Hall–Kier alpha value is -2.03. The molecule has 1 N–H and O–H groups in total. The lowest BCUT2D eigenvalue weighted by molar-refractivity contribution is 0.415. The van der Waals surface area contributed by atoms with Crippen molar-refractivity contribution in [2.75, 3.05) is 7.11 Å². The number of benzene rings is 1. The van der Waals surface area contributed by atoms with Crippen molar-refractivity contribution in [3.63, 3.8) is 0 Å². The van der Waals surface area contributed by atoms with Gasteiger partial charge in [0.1, 0.15) is 11.4 Å². The van der Waals surface area contributed by atoms with Crippen LogP contribution in [0.3, 0.4) is 0 Å². The first-order valence-corrected chi connectivity index (χ1v) is 5.62. The summed E-state index contributed by atoms with van der Waals surface area (Å²) < 4.78 is 5.27. The Labute approximate surface area is 99.4 Å².